The highest BCUT2D eigenvalue weighted by Crippen LogP contribution is 2.17. The van der Waals surface area contributed by atoms with Crippen LogP contribution in [-0.2, 0) is 21.4 Å². The van der Waals surface area contributed by atoms with Crippen molar-refractivity contribution in [2.75, 3.05) is 0 Å². The van der Waals surface area contributed by atoms with Crippen LogP contribution >= 0.6 is 0 Å². The van der Waals surface area contributed by atoms with E-state index in [0.29, 0.717) is 5.56 Å². The smallest absolute Gasteiger partial charge is 0.267 e. The molecule has 0 aliphatic heterocycles. The molecular weight excluding hydrogens is 364 g/mol. The first-order valence-electron chi connectivity index (χ1n) is 8.17. The van der Waals surface area contributed by atoms with Crippen molar-refractivity contribution in [2.45, 2.75) is 11.4 Å². The van der Waals surface area contributed by atoms with Gasteiger partial charge in [-0.2, -0.15) is 0 Å². The van der Waals surface area contributed by atoms with Crippen molar-refractivity contribution in [1.29, 1.82) is 0 Å². The second-order valence-electron chi connectivity index (χ2n) is 5.89. The fourth-order valence-electron chi connectivity index (χ4n) is 2.60. The van der Waals surface area contributed by atoms with E-state index in [-0.39, 0.29) is 11.4 Å². The zero-order chi connectivity index (χ0) is 19.3. The second-order valence-corrected chi connectivity index (χ2v) is 7.65. The van der Waals surface area contributed by atoms with E-state index >= 15 is 0 Å². The van der Waals surface area contributed by atoms with Gasteiger partial charge in [-0.3, -0.25) is 10.0 Å². The molecule has 1 amide bonds. The summed E-state index contributed by atoms with van der Waals surface area (Å²) in [6.07, 6.45) is 2.52. The summed E-state index contributed by atoms with van der Waals surface area (Å²) in [5, 5.41) is 10.6. The number of hydrogen-bond donors (Lipinski definition) is 3. The van der Waals surface area contributed by atoms with Crippen LogP contribution < -0.4 is 10.2 Å². The van der Waals surface area contributed by atoms with Crippen molar-refractivity contribution in [1.82, 2.24) is 10.2 Å². The molecule has 0 unspecified atom stereocenters. The fraction of sp³-hybridized carbons (Fsp3) is 0.0500. The Morgan fingerprint density at radius 3 is 2.52 bits per heavy atom. The summed E-state index contributed by atoms with van der Waals surface area (Å²) in [6.45, 7) is 0.167. The highest BCUT2D eigenvalue weighted by Gasteiger charge is 2.14. The average molecular weight is 382 g/mol. The maximum atomic E-state index is 12.6. The monoisotopic (exact) mass is 382 g/mol. The van der Waals surface area contributed by atoms with Crippen LogP contribution in [0.3, 0.4) is 0 Å². The topological polar surface area (TPSA) is 95.5 Å². The summed E-state index contributed by atoms with van der Waals surface area (Å²) < 4.78 is 27.7. The zero-order valence-electron chi connectivity index (χ0n) is 14.3. The standard InChI is InChI=1S/C20H18N2O4S/c23-20(22-24)11-9-15-4-3-7-19(13-15)27(25,26)21-14-16-8-10-17-5-1-2-6-18(17)12-16/h1-13,21,24H,14H2,(H,22,23)/b11-9+. The summed E-state index contributed by atoms with van der Waals surface area (Å²) in [4.78, 5) is 11.1. The minimum atomic E-state index is -3.71. The number of sulfonamides is 1. The van der Waals surface area contributed by atoms with E-state index in [1.165, 1.54) is 23.7 Å². The fourth-order valence-corrected chi connectivity index (χ4v) is 3.68. The normalized spacial score (nSPS) is 11.7. The van der Waals surface area contributed by atoms with Crippen molar-refractivity contribution >= 4 is 32.8 Å². The number of carbonyl (C=O) groups excluding carboxylic acids is 1. The first-order chi connectivity index (χ1) is 13.0. The molecule has 0 spiro atoms. The molecule has 27 heavy (non-hydrogen) atoms. The maximum absolute atomic E-state index is 12.6. The van der Waals surface area contributed by atoms with Gasteiger partial charge in [0.05, 0.1) is 4.90 Å². The van der Waals surface area contributed by atoms with E-state index in [9.17, 15) is 13.2 Å². The lowest BCUT2D eigenvalue weighted by atomic mass is 10.1. The summed E-state index contributed by atoms with van der Waals surface area (Å²) in [5.74, 6) is -0.697. The number of benzene rings is 3. The van der Waals surface area contributed by atoms with Gasteiger partial charge in [-0.15, -0.1) is 0 Å². The summed E-state index contributed by atoms with van der Waals surface area (Å²) in [5.41, 5.74) is 2.85. The maximum Gasteiger partial charge on any atom is 0.267 e. The van der Waals surface area contributed by atoms with E-state index in [1.807, 2.05) is 42.5 Å². The van der Waals surface area contributed by atoms with Crippen molar-refractivity contribution in [2.24, 2.45) is 0 Å². The van der Waals surface area contributed by atoms with Gasteiger partial charge < -0.3 is 0 Å². The molecule has 3 aromatic rings. The molecule has 0 saturated carbocycles. The second kappa shape index (κ2) is 8.13. The third-order valence-electron chi connectivity index (χ3n) is 3.99. The van der Waals surface area contributed by atoms with Gasteiger partial charge in [0.25, 0.3) is 5.91 Å². The van der Waals surface area contributed by atoms with Crippen LogP contribution in [0.4, 0.5) is 0 Å². The lowest BCUT2D eigenvalue weighted by Gasteiger charge is -2.08. The minimum absolute atomic E-state index is 0.0924. The van der Waals surface area contributed by atoms with Crippen molar-refractivity contribution < 1.29 is 18.4 Å². The largest absolute Gasteiger partial charge is 0.288 e. The molecule has 0 atom stereocenters. The minimum Gasteiger partial charge on any atom is -0.288 e. The predicted octanol–water partition coefficient (Wildman–Crippen LogP) is 2.84. The highest BCUT2D eigenvalue weighted by molar-refractivity contribution is 7.89. The Balaban J connectivity index is 1.75. The summed E-state index contributed by atoms with van der Waals surface area (Å²) >= 11 is 0. The first kappa shape index (κ1) is 18.8. The zero-order valence-corrected chi connectivity index (χ0v) is 15.1. The van der Waals surface area contributed by atoms with Gasteiger partial charge in [-0.1, -0.05) is 48.5 Å². The van der Waals surface area contributed by atoms with Crippen LogP contribution in [0, 0.1) is 0 Å². The van der Waals surface area contributed by atoms with Gasteiger partial charge in [0.15, 0.2) is 0 Å². The molecular formula is C20H18N2O4S. The molecule has 6 nitrogen and oxygen atoms in total. The van der Waals surface area contributed by atoms with Gasteiger partial charge in [0, 0.05) is 12.6 Å². The Morgan fingerprint density at radius 1 is 0.963 bits per heavy atom. The van der Waals surface area contributed by atoms with E-state index in [0.717, 1.165) is 22.4 Å². The molecule has 3 rings (SSSR count). The lowest BCUT2D eigenvalue weighted by Crippen LogP contribution is -2.23. The van der Waals surface area contributed by atoms with Crippen LogP contribution in [0.15, 0.2) is 77.7 Å². The number of hydroxylamine groups is 1. The number of amides is 1. The molecule has 0 fully saturated rings. The molecule has 0 heterocycles. The molecule has 3 aromatic carbocycles. The highest BCUT2D eigenvalue weighted by atomic mass is 32.2. The van der Waals surface area contributed by atoms with Crippen LogP contribution in [0.1, 0.15) is 11.1 Å². The lowest BCUT2D eigenvalue weighted by molar-refractivity contribution is -0.124. The van der Waals surface area contributed by atoms with Crippen LogP contribution in [0.25, 0.3) is 16.8 Å². The van der Waals surface area contributed by atoms with Crippen LogP contribution in [0.5, 0.6) is 0 Å². The number of carbonyl (C=O) groups is 1. The third kappa shape index (κ3) is 4.79. The number of fused-ring (bicyclic) bond motifs is 1. The Bertz CT molecular complexity index is 1110. The Hall–Kier alpha value is -3.00. The van der Waals surface area contributed by atoms with Crippen molar-refractivity contribution in [3.05, 3.63) is 83.9 Å². The predicted molar refractivity (Wildman–Crippen MR) is 103 cm³/mol. The molecule has 0 aromatic heterocycles. The first-order valence-corrected chi connectivity index (χ1v) is 9.66. The van der Waals surface area contributed by atoms with Crippen LogP contribution in [0.2, 0.25) is 0 Å². The van der Waals surface area contributed by atoms with Crippen LogP contribution in [-0.4, -0.2) is 19.5 Å². The Kier molecular flexibility index (Phi) is 5.66. The molecule has 0 bridgehead atoms. The van der Waals surface area contributed by atoms with Gasteiger partial charge in [-0.05, 0) is 46.2 Å². The van der Waals surface area contributed by atoms with Gasteiger partial charge >= 0.3 is 0 Å². The molecule has 3 N–H and O–H groups in total. The Labute approximate surface area is 157 Å². The van der Waals surface area contributed by atoms with Crippen molar-refractivity contribution in [3.8, 4) is 0 Å². The number of rotatable bonds is 6. The quantitative estimate of drug-likeness (QED) is 0.347. The summed E-state index contributed by atoms with van der Waals surface area (Å²) in [7, 11) is -3.71. The van der Waals surface area contributed by atoms with Gasteiger partial charge in [0.2, 0.25) is 10.0 Å². The van der Waals surface area contributed by atoms with Gasteiger partial charge in [-0.25, -0.2) is 18.6 Å². The summed E-state index contributed by atoms with van der Waals surface area (Å²) in [6, 6.07) is 19.8. The average Bonchev–Trinajstić information content (AvgIpc) is 2.70. The van der Waals surface area contributed by atoms with E-state index < -0.39 is 15.9 Å². The molecule has 0 radical (unpaired) electrons. The molecule has 0 aliphatic rings. The van der Waals surface area contributed by atoms with Crippen molar-refractivity contribution in [3.63, 3.8) is 0 Å². The third-order valence-corrected chi connectivity index (χ3v) is 5.38. The van der Waals surface area contributed by atoms with Gasteiger partial charge in [0.1, 0.15) is 0 Å². The SMILES string of the molecule is O=C(/C=C/c1cccc(S(=O)(=O)NCc2ccc3ccccc3c2)c1)NO. The number of hydrogen-bond acceptors (Lipinski definition) is 4. The molecule has 0 aliphatic carbocycles. The number of nitrogens with one attached hydrogen (secondary N) is 2. The molecule has 138 valence electrons. The van der Waals surface area contributed by atoms with E-state index in [1.54, 1.807) is 12.1 Å². The van der Waals surface area contributed by atoms with E-state index in [4.69, 9.17) is 5.21 Å². The molecule has 0 saturated heterocycles. The Morgan fingerprint density at radius 2 is 1.74 bits per heavy atom. The van der Waals surface area contributed by atoms with E-state index in [2.05, 4.69) is 4.72 Å². The molecule has 7 heteroatoms.